The number of nitrogens with one attached hydrogen (secondary N) is 3. The van der Waals surface area contributed by atoms with E-state index in [-0.39, 0.29) is 12.8 Å². The standard InChI is InChI=1S/C21H33N5O6/c1-13(23)18(28)26-17(12-27)20(30)25-16(11-14-7-3-2-4-8-14)19(29)24-15(21(31)32)9-5-6-10-22/h2-4,7-8,13,15-17,27H,5-6,9-12,22-23H2,1H3,(H,24,29)(H,25,30)(H,26,28)(H,31,32). The first-order chi connectivity index (χ1) is 15.2. The van der Waals surface area contributed by atoms with Gasteiger partial charge in [0.25, 0.3) is 0 Å². The van der Waals surface area contributed by atoms with Gasteiger partial charge >= 0.3 is 5.97 Å². The van der Waals surface area contributed by atoms with Gasteiger partial charge in [0.1, 0.15) is 18.1 Å². The third kappa shape index (κ3) is 9.41. The Balaban J connectivity index is 2.97. The van der Waals surface area contributed by atoms with Crippen LogP contribution in [0.5, 0.6) is 0 Å². The Morgan fingerprint density at radius 1 is 0.906 bits per heavy atom. The van der Waals surface area contributed by atoms with Crippen molar-refractivity contribution in [3.8, 4) is 0 Å². The van der Waals surface area contributed by atoms with Gasteiger partial charge in [-0.1, -0.05) is 30.3 Å². The molecule has 0 aliphatic heterocycles. The lowest BCUT2D eigenvalue weighted by molar-refractivity contribution is -0.142. The molecule has 0 saturated heterocycles. The Morgan fingerprint density at radius 2 is 1.47 bits per heavy atom. The maximum Gasteiger partial charge on any atom is 0.326 e. The minimum Gasteiger partial charge on any atom is -0.480 e. The number of aliphatic hydroxyl groups is 1. The van der Waals surface area contributed by atoms with Crippen molar-refractivity contribution >= 4 is 23.7 Å². The van der Waals surface area contributed by atoms with Crippen LogP contribution in [-0.2, 0) is 25.6 Å². The van der Waals surface area contributed by atoms with Crippen molar-refractivity contribution in [2.24, 2.45) is 11.5 Å². The number of carboxylic acid groups (broad SMARTS) is 1. The van der Waals surface area contributed by atoms with Gasteiger partial charge in [-0.05, 0) is 38.3 Å². The molecule has 1 rings (SSSR count). The number of benzene rings is 1. The van der Waals surface area contributed by atoms with Gasteiger partial charge in [-0.25, -0.2) is 4.79 Å². The van der Waals surface area contributed by atoms with Crippen LogP contribution in [0.4, 0.5) is 0 Å². The van der Waals surface area contributed by atoms with E-state index in [4.69, 9.17) is 11.5 Å². The highest BCUT2D eigenvalue weighted by Crippen LogP contribution is 2.07. The molecular weight excluding hydrogens is 418 g/mol. The van der Waals surface area contributed by atoms with Crippen LogP contribution < -0.4 is 27.4 Å². The van der Waals surface area contributed by atoms with E-state index in [1.54, 1.807) is 30.3 Å². The predicted molar refractivity (Wildman–Crippen MR) is 117 cm³/mol. The summed E-state index contributed by atoms with van der Waals surface area (Å²) in [6.45, 7) is 1.12. The van der Waals surface area contributed by atoms with Crippen molar-refractivity contribution in [2.75, 3.05) is 13.2 Å². The minimum atomic E-state index is -1.32. The van der Waals surface area contributed by atoms with Crippen molar-refractivity contribution in [3.05, 3.63) is 35.9 Å². The number of aliphatic hydroxyl groups excluding tert-OH is 1. The topological polar surface area (TPSA) is 197 Å². The number of amides is 3. The minimum absolute atomic E-state index is 0.0763. The van der Waals surface area contributed by atoms with Gasteiger partial charge in [-0.15, -0.1) is 0 Å². The smallest absolute Gasteiger partial charge is 0.326 e. The molecule has 178 valence electrons. The van der Waals surface area contributed by atoms with Crippen LogP contribution in [0.15, 0.2) is 30.3 Å². The van der Waals surface area contributed by atoms with E-state index in [0.717, 1.165) is 5.56 Å². The number of carbonyl (C=O) groups is 4. The lowest BCUT2D eigenvalue weighted by Crippen LogP contribution is -2.58. The van der Waals surface area contributed by atoms with Crippen molar-refractivity contribution in [2.45, 2.75) is 56.8 Å². The molecule has 1 aromatic carbocycles. The highest BCUT2D eigenvalue weighted by molar-refractivity contribution is 5.94. The fraction of sp³-hybridized carbons (Fsp3) is 0.524. The molecular formula is C21H33N5O6. The number of hydrogen-bond acceptors (Lipinski definition) is 7. The number of carbonyl (C=O) groups excluding carboxylic acids is 3. The number of rotatable bonds is 14. The second-order valence-corrected chi connectivity index (χ2v) is 7.47. The van der Waals surface area contributed by atoms with Gasteiger partial charge in [-0.2, -0.15) is 0 Å². The summed E-state index contributed by atoms with van der Waals surface area (Å²) >= 11 is 0. The van der Waals surface area contributed by atoms with Gasteiger partial charge < -0.3 is 37.6 Å². The largest absolute Gasteiger partial charge is 0.480 e. The summed E-state index contributed by atoms with van der Waals surface area (Å²) < 4.78 is 0. The van der Waals surface area contributed by atoms with Gasteiger partial charge in [0.15, 0.2) is 0 Å². The molecule has 9 N–H and O–H groups in total. The van der Waals surface area contributed by atoms with Crippen molar-refractivity contribution in [3.63, 3.8) is 0 Å². The van der Waals surface area contributed by atoms with Gasteiger partial charge in [0.2, 0.25) is 17.7 Å². The molecule has 0 spiro atoms. The SMILES string of the molecule is CC(N)C(=O)NC(CO)C(=O)NC(Cc1ccccc1)C(=O)NC(CCCCN)C(=O)O. The molecule has 32 heavy (non-hydrogen) atoms. The summed E-state index contributed by atoms with van der Waals surface area (Å²) in [5, 5.41) is 26.2. The first-order valence-corrected chi connectivity index (χ1v) is 10.4. The van der Waals surface area contributed by atoms with Gasteiger partial charge in [0.05, 0.1) is 12.6 Å². The van der Waals surface area contributed by atoms with E-state index >= 15 is 0 Å². The zero-order chi connectivity index (χ0) is 24.1. The monoisotopic (exact) mass is 451 g/mol. The molecule has 0 aliphatic carbocycles. The second-order valence-electron chi connectivity index (χ2n) is 7.47. The number of hydrogen-bond donors (Lipinski definition) is 7. The summed E-state index contributed by atoms with van der Waals surface area (Å²) in [5.41, 5.74) is 11.6. The van der Waals surface area contributed by atoms with E-state index in [1.165, 1.54) is 6.92 Å². The van der Waals surface area contributed by atoms with Crippen LogP contribution in [0.1, 0.15) is 31.7 Å². The number of nitrogens with two attached hydrogens (primary N) is 2. The maximum atomic E-state index is 12.9. The van der Waals surface area contributed by atoms with Crippen molar-refractivity contribution < 1.29 is 29.4 Å². The quantitative estimate of drug-likeness (QED) is 0.161. The zero-order valence-corrected chi connectivity index (χ0v) is 18.1. The molecule has 11 nitrogen and oxygen atoms in total. The predicted octanol–water partition coefficient (Wildman–Crippen LogP) is -1.76. The highest BCUT2D eigenvalue weighted by atomic mass is 16.4. The second kappa shape index (κ2) is 14.1. The van der Waals surface area contributed by atoms with E-state index in [2.05, 4.69) is 16.0 Å². The average Bonchev–Trinajstić information content (AvgIpc) is 2.76. The Bertz CT molecular complexity index is 758. The Labute approximate surface area is 186 Å². The molecule has 3 amide bonds. The number of carboxylic acids is 1. The summed E-state index contributed by atoms with van der Waals surface area (Å²) in [6.07, 6.45) is 1.39. The lowest BCUT2D eigenvalue weighted by atomic mass is 10.0. The first-order valence-electron chi connectivity index (χ1n) is 10.4. The average molecular weight is 452 g/mol. The van der Waals surface area contributed by atoms with Crippen LogP contribution in [0.2, 0.25) is 0 Å². The first kappa shape index (κ1) is 27.0. The van der Waals surface area contributed by atoms with E-state index in [1.807, 2.05) is 0 Å². The van der Waals surface area contributed by atoms with Crippen molar-refractivity contribution in [1.29, 1.82) is 0 Å². The van der Waals surface area contributed by atoms with Crippen LogP contribution in [0.3, 0.4) is 0 Å². The Kier molecular flexibility index (Phi) is 11.9. The third-order valence-corrected chi connectivity index (χ3v) is 4.71. The molecule has 4 unspecified atom stereocenters. The highest BCUT2D eigenvalue weighted by Gasteiger charge is 2.29. The summed E-state index contributed by atoms with van der Waals surface area (Å²) in [7, 11) is 0. The molecule has 0 heterocycles. The molecule has 4 atom stereocenters. The molecule has 0 aromatic heterocycles. The molecule has 1 aromatic rings. The van der Waals surface area contributed by atoms with Crippen LogP contribution in [0.25, 0.3) is 0 Å². The van der Waals surface area contributed by atoms with Crippen LogP contribution >= 0.6 is 0 Å². The molecule has 0 saturated carbocycles. The van der Waals surface area contributed by atoms with Crippen molar-refractivity contribution in [1.82, 2.24) is 16.0 Å². The van der Waals surface area contributed by atoms with E-state index < -0.39 is 54.5 Å². The summed E-state index contributed by atoms with van der Waals surface area (Å²) in [6, 6.07) is 4.33. The Morgan fingerprint density at radius 3 is 2.00 bits per heavy atom. The molecule has 0 radical (unpaired) electrons. The fourth-order valence-corrected chi connectivity index (χ4v) is 2.85. The third-order valence-electron chi connectivity index (χ3n) is 4.71. The normalized spacial score (nSPS) is 14.5. The van der Waals surface area contributed by atoms with E-state index in [9.17, 15) is 29.4 Å². The molecule has 0 aliphatic rings. The zero-order valence-electron chi connectivity index (χ0n) is 18.1. The summed E-state index contributed by atoms with van der Waals surface area (Å²) in [5.74, 6) is -3.34. The molecule has 0 fully saturated rings. The molecule has 0 bridgehead atoms. The number of unbranched alkanes of at least 4 members (excludes halogenated alkanes) is 1. The Hall–Kier alpha value is -3.02. The van der Waals surface area contributed by atoms with E-state index in [0.29, 0.717) is 19.4 Å². The number of aliphatic carboxylic acids is 1. The summed E-state index contributed by atoms with van der Waals surface area (Å²) in [4.78, 5) is 48.9. The van der Waals surface area contributed by atoms with Gasteiger partial charge in [-0.3, -0.25) is 14.4 Å². The fourth-order valence-electron chi connectivity index (χ4n) is 2.85. The van der Waals surface area contributed by atoms with Gasteiger partial charge in [0, 0.05) is 6.42 Å². The lowest BCUT2D eigenvalue weighted by Gasteiger charge is -2.24. The maximum absolute atomic E-state index is 12.9. The molecule has 11 heteroatoms. The van der Waals surface area contributed by atoms with Crippen LogP contribution in [0, 0.1) is 0 Å². The van der Waals surface area contributed by atoms with Crippen LogP contribution in [-0.4, -0.2) is 71.2 Å².